The van der Waals surface area contributed by atoms with Crippen LogP contribution in [0.2, 0.25) is 0 Å². The van der Waals surface area contributed by atoms with E-state index in [4.69, 9.17) is 4.98 Å². The second-order valence-corrected chi connectivity index (χ2v) is 9.99. The van der Waals surface area contributed by atoms with Crippen LogP contribution in [0.3, 0.4) is 0 Å². The topological polar surface area (TPSA) is 72.7 Å². The minimum absolute atomic E-state index is 0.0870. The fourth-order valence-corrected chi connectivity index (χ4v) is 5.06. The number of rotatable bonds is 10. The van der Waals surface area contributed by atoms with E-state index in [9.17, 15) is 4.79 Å². The molecule has 0 saturated heterocycles. The summed E-state index contributed by atoms with van der Waals surface area (Å²) in [6.45, 7) is 3.39. The molecule has 0 radical (unpaired) electrons. The molecular weight excluding hydrogens is 466 g/mol. The maximum Gasteiger partial charge on any atom is 0.220 e. The minimum Gasteiger partial charge on any atom is -0.352 e. The number of hydrogen-bond donors (Lipinski definition) is 1. The van der Waals surface area contributed by atoms with Crippen LogP contribution < -0.4 is 5.32 Å². The summed E-state index contributed by atoms with van der Waals surface area (Å²) in [5, 5.41) is 13.7. The van der Waals surface area contributed by atoms with Gasteiger partial charge in [0.25, 0.3) is 0 Å². The summed E-state index contributed by atoms with van der Waals surface area (Å²) in [6, 6.07) is 26.8. The number of aryl methyl sites for hydroxylation is 1. The van der Waals surface area contributed by atoms with Crippen LogP contribution in [0.25, 0.3) is 22.1 Å². The normalized spacial score (nSPS) is 11.2. The number of amides is 1. The van der Waals surface area contributed by atoms with Crippen molar-refractivity contribution in [2.24, 2.45) is 0 Å². The number of hydrogen-bond acceptors (Lipinski definition) is 5. The molecule has 3 aromatic carbocycles. The van der Waals surface area contributed by atoms with E-state index in [0.29, 0.717) is 18.1 Å². The molecule has 36 heavy (non-hydrogen) atoms. The average Bonchev–Trinajstić information content (AvgIpc) is 3.20. The van der Waals surface area contributed by atoms with Gasteiger partial charge >= 0.3 is 0 Å². The average molecular weight is 496 g/mol. The third-order valence-corrected chi connectivity index (χ3v) is 7.07. The van der Waals surface area contributed by atoms with E-state index in [0.717, 1.165) is 52.8 Å². The molecule has 2 heterocycles. The lowest BCUT2D eigenvalue weighted by Gasteiger charge is -2.07. The number of aromatic nitrogens is 4. The molecule has 2 aromatic heterocycles. The van der Waals surface area contributed by atoms with Crippen molar-refractivity contribution >= 4 is 39.7 Å². The molecule has 6 nitrogen and oxygen atoms in total. The van der Waals surface area contributed by atoms with Crippen LogP contribution in [0.15, 0.2) is 84.0 Å². The molecular formula is C29H29N5OS. The summed E-state index contributed by atoms with van der Waals surface area (Å²) in [5.74, 6) is 0.931. The van der Waals surface area contributed by atoms with Crippen LogP contribution in [0.1, 0.15) is 36.0 Å². The van der Waals surface area contributed by atoms with Gasteiger partial charge in [-0.15, -0.1) is 10.2 Å². The molecule has 182 valence electrons. The Morgan fingerprint density at radius 2 is 1.67 bits per heavy atom. The number of fused-ring (bicyclic) bond motifs is 3. The molecule has 1 N–H and O–H groups in total. The zero-order valence-electron chi connectivity index (χ0n) is 20.4. The second-order valence-electron chi connectivity index (χ2n) is 8.93. The highest BCUT2D eigenvalue weighted by Crippen LogP contribution is 2.29. The van der Waals surface area contributed by atoms with E-state index >= 15 is 0 Å². The Bertz CT molecular complexity index is 1470. The van der Waals surface area contributed by atoms with Crippen molar-refractivity contribution in [2.45, 2.75) is 44.4 Å². The Kier molecular flexibility index (Phi) is 7.57. The molecule has 1 amide bonds. The van der Waals surface area contributed by atoms with Gasteiger partial charge in [-0.05, 0) is 43.0 Å². The van der Waals surface area contributed by atoms with Crippen LogP contribution >= 0.6 is 11.8 Å². The molecule has 0 bridgehead atoms. The molecule has 0 spiro atoms. The number of benzene rings is 3. The number of thioether (sulfide) groups is 1. The molecule has 5 aromatic rings. The van der Waals surface area contributed by atoms with Crippen LogP contribution in [0.5, 0.6) is 0 Å². The predicted octanol–water partition coefficient (Wildman–Crippen LogP) is 5.92. The number of nitrogens with one attached hydrogen (secondary N) is 1. The van der Waals surface area contributed by atoms with Gasteiger partial charge in [0.1, 0.15) is 5.52 Å². The van der Waals surface area contributed by atoms with Gasteiger partial charge < -0.3 is 9.88 Å². The Hall–Kier alpha value is -3.71. The monoisotopic (exact) mass is 495 g/mol. The van der Waals surface area contributed by atoms with E-state index in [2.05, 4.69) is 69.5 Å². The van der Waals surface area contributed by atoms with Gasteiger partial charge in [-0.2, -0.15) is 0 Å². The standard InChI is InChI=1S/C29H29N5OS/c1-21-15-16-25-24(18-21)27-28(34(25)20-23-12-6-3-7-13-23)31-29(33-32-27)36-17-9-8-14-26(35)30-19-22-10-4-2-5-11-22/h2-7,10-13,15-16,18H,8-9,14,17,19-20H2,1H3,(H,30,35). The number of carbonyl (C=O) groups is 1. The van der Waals surface area contributed by atoms with Crippen molar-refractivity contribution in [1.82, 2.24) is 25.1 Å². The van der Waals surface area contributed by atoms with Crippen molar-refractivity contribution in [3.8, 4) is 0 Å². The summed E-state index contributed by atoms with van der Waals surface area (Å²) in [6.07, 6.45) is 2.27. The van der Waals surface area contributed by atoms with Gasteiger partial charge in [0.2, 0.25) is 11.1 Å². The van der Waals surface area contributed by atoms with Crippen LogP contribution in [-0.2, 0) is 17.9 Å². The molecule has 5 rings (SSSR count). The predicted molar refractivity (Wildman–Crippen MR) is 146 cm³/mol. The van der Waals surface area contributed by atoms with Gasteiger partial charge in [-0.25, -0.2) is 4.98 Å². The fourth-order valence-electron chi connectivity index (χ4n) is 4.28. The van der Waals surface area contributed by atoms with Crippen LogP contribution in [-0.4, -0.2) is 31.4 Å². The van der Waals surface area contributed by atoms with Gasteiger partial charge in [-0.1, -0.05) is 84.1 Å². The third kappa shape index (κ3) is 5.74. The van der Waals surface area contributed by atoms with E-state index < -0.39 is 0 Å². The Balaban J connectivity index is 1.22. The molecule has 0 aliphatic rings. The first kappa shape index (κ1) is 24.0. The largest absolute Gasteiger partial charge is 0.352 e. The van der Waals surface area contributed by atoms with Crippen molar-refractivity contribution < 1.29 is 4.79 Å². The SMILES string of the molecule is Cc1ccc2c(c1)c1nnc(SCCCCC(=O)NCc3ccccc3)nc1n2Cc1ccccc1. The maximum absolute atomic E-state index is 12.1. The lowest BCUT2D eigenvalue weighted by atomic mass is 10.1. The Morgan fingerprint density at radius 3 is 2.44 bits per heavy atom. The van der Waals surface area contributed by atoms with Gasteiger partial charge in [0.15, 0.2) is 5.65 Å². The lowest BCUT2D eigenvalue weighted by Crippen LogP contribution is -2.22. The molecule has 0 unspecified atom stereocenters. The quantitative estimate of drug-likeness (QED) is 0.192. The van der Waals surface area contributed by atoms with Gasteiger partial charge in [-0.3, -0.25) is 4.79 Å². The molecule has 7 heteroatoms. The molecule has 0 aliphatic heterocycles. The first-order valence-corrected chi connectivity index (χ1v) is 13.3. The summed E-state index contributed by atoms with van der Waals surface area (Å²) in [7, 11) is 0. The van der Waals surface area contributed by atoms with E-state index in [1.54, 1.807) is 11.8 Å². The smallest absolute Gasteiger partial charge is 0.220 e. The van der Waals surface area contributed by atoms with Gasteiger partial charge in [0.05, 0.1) is 5.52 Å². The van der Waals surface area contributed by atoms with Gasteiger partial charge in [0, 0.05) is 30.6 Å². The summed E-state index contributed by atoms with van der Waals surface area (Å²) >= 11 is 1.60. The molecule has 0 atom stereocenters. The maximum atomic E-state index is 12.1. The minimum atomic E-state index is 0.0870. The van der Waals surface area contributed by atoms with E-state index in [1.165, 1.54) is 11.1 Å². The fraction of sp³-hybridized carbons (Fsp3) is 0.241. The zero-order chi connectivity index (χ0) is 24.7. The van der Waals surface area contributed by atoms with Crippen molar-refractivity contribution in [1.29, 1.82) is 0 Å². The molecule has 0 saturated carbocycles. The highest BCUT2D eigenvalue weighted by atomic mass is 32.2. The molecule has 0 aliphatic carbocycles. The summed E-state index contributed by atoms with van der Waals surface area (Å²) < 4.78 is 2.23. The van der Waals surface area contributed by atoms with Crippen molar-refractivity contribution in [2.75, 3.05) is 5.75 Å². The highest BCUT2D eigenvalue weighted by Gasteiger charge is 2.15. The summed E-state index contributed by atoms with van der Waals surface area (Å²) in [4.78, 5) is 17.0. The Labute approximate surface area is 215 Å². The summed E-state index contributed by atoms with van der Waals surface area (Å²) in [5.41, 5.74) is 6.33. The van der Waals surface area contributed by atoms with Crippen molar-refractivity contribution in [3.63, 3.8) is 0 Å². The highest BCUT2D eigenvalue weighted by molar-refractivity contribution is 7.99. The number of carbonyl (C=O) groups excluding carboxylic acids is 1. The van der Waals surface area contributed by atoms with Crippen LogP contribution in [0.4, 0.5) is 0 Å². The number of unbranched alkanes of at least 4 members (excludes halogenated alkanes) is 1. The first-order chi connectivity index (χ1) is 17.7. The van der Waals surface area contributed by atoms with Crippen molar-refractivity contribution in [3.05, 3.63) is 95.6 Å². The first-order valence-electron chi connectivity index (χ1n) is 12.3. The molecule has 0 fully saturated rings. The Morgan fingerprint density at radius 1 is 0.917 bits per heavy atom. The van der Waals surface area contributed by atoms with Crippen LogP contribution in [0, 0.1) is 6.92 Å². The number of nitrogens with zero attached hydrogens (tertiary/aromatic N) is 4. The zero-order valence-corrected chi connectivity index (χ0v) is 21.2. The van der Waals surface area contributed by atoms with E-state index in [-0.39, 0.29) is 5.91 Å². The second kappa shape index (κ2) is 11.4. The third-order valence-electron chi connectivity index (χ3n) is 6.15. The van der Waals surface area contributed by atoms with E-state index in [1.807, 2.05) is 36.4 Å². The lowest BCUT2D eigenvalue weighted by molar-refractivity contribution is -0.121.